The highest BCUT2D eigenvalue weighted by molar-refractivity contribution is 6.24. The van der Waals surface area contributed by atoms with Crippen molar-refractivity contribution in [1.82, 2.24) is 0 Å². The lowest BCUT2D eigenvalue weighted by molar-refractivity contribution is -0.122. The summed E-state index contributed by atoms with van der Waals surface area (Å²) in [7, 11) is 0. The number of hydrogen-bond acceptors (Lipinski definition) is 2. The van der Waals surface area contributed by atoms with Gasteiger partial charge in [0.2, 0.25) is 11.8 Å². The molecule has 0 N–H and O–H groups in total. The van der Waals surface area contributed by atoms with Crippen molar-refractivity contribution in [3.63, 3.8) is 0 Å². The van der Waals surface area contributed by atoms with Crippen LogP contribution in [0.5, 0.6) is 0 Å². The summed E-state index contributed by atoms with van der Waals surface area (Å²) in [6.07, 6.45) is 4.26. The van der Waals surface area contributed by atoms with Crippen LogP contribution in [0.4, 0.5) is 5.69 Å². The smallest absolute Gasteiger partial charge is 0.238 e. The summed E-state index contributed by atoms with van der Waals surface area (Å²) in [6.45, 7) is 4.17. The maximum atomic E-state index is 13.4. The predicted octanol–water partition coefficient (Wildman–Crippen LogP) is 4.61. The topological polar surface area (TPSA) is 37.4 Å². The Bertz CT molecular complexity index is 980. The minimum Gasteiger partial charge on any atom is -0.274 e. The fourth-order valence-corrected chi connectivity index (χ4v) is 5.20. The summed E-state index contributed by atoms with van der Waals surface area (Å²) in [5.74, 6) is -0.443. The molecule has 134 valence electrons. The molecule has 0 spiro atoms. The van der Waals surface area contributed by atoms with E-state index in [0.717, 1.165) is 11.1 Å². The number of benzene rings is 2. The summed E-state index contributed by atoms with van der Waals surface area (Å²) in [5, 5.41) is 0. The van der Waals surface area contributed by atoms with E-state index in [1.165, 1.54) is 16.0 Å². The Labute approximate surface area is 159 Å². The number of amides is 2. The molecule has 1 aliphatic heterocycles. The Balaban J connectivity index is 1.60. The van der Waals surface area contributed by atoms with Crippen molar-refractivity contribution in [2.45, 2.75) is 13.8 Å². The van der Waals surface area contributed by atoms with Gasteiger partial charge in [0.15, 0.2) is 0 Å². The summed E-state index contributed by atoms with van der Waals surface area (Å²) >= 11 is 0. The largest absolute Gasteiger partial charge is 0.274 e. The van der Waals surface area contributed by atoms with Gasteiger partial charge in [0.25, 0.3) is 0 Å². The molecular formula is C24H21NO2. The highest BCUT2D eigenvalue weighted by atomic mass is 16.2. The van der Waals surface area contributed by atoms with Crippen molar-refractivity contribution >= 4 is 17.5 Å². The maximum Gasteiger partial charge on any atom is 0.238 e. The first kappa shape index (κ1) is 16.2. The van der Waals surface area contributed by atoms with Gasteiger partial charge < -0.3 is 0 Å². The molecule has 0 radical (unpaired) electrons. The molecule has 2 aliphatic carbocycles. The van der Waals surface area contributed by atoms with Crippen molar-refractivity contribution in [3.8, 4) is 11.1 Å². The normalized spacial score (nSPS) is 28.2. The molecule has 27 heavy (non-hydrogen) atoms. The molecule has 2 fully saturated rings. The van der Waals surface area contributed by atoms with E-state index >= 15 is 0 Å². The molecule has 0 unspecified atom stereocenters. The number of hydrogen-bond donors (Lipinski definition) is 0. The highest BCUT2D eigenvalue weighted by Gasteiger charge is 2.62. The molecule has 1 saturated carbocycles. The molecule has 2 aromatic carbocycles. The van der Waals surface area contributed by atoms with E-state index in [2.05, 4.69) is 26.0 Å². The van der Waals surface area contributed by atoms with Gasteiger partial charge in [0.05, 0.1) is 17.5 Å². The molecule has 3 aliphatic rings. The SMILES string of the molecule is CC(C)=C1[C@H]2C=C[C@H]1[C@@H]1C(=O)N(c3ccccc3-c3ccccc3)C(=O)[C@H]12. The third kappa shape index (κ3) is 2.14. The summed E-state index contributed by atoms with van der Waals surface area (Å²) in [6, 6.07) is 17.6. The Hall–Kier alpha value is -2.94. The number of nitrogens with zero attached hydrogens (tertiary/aromatic N) is 1. The van der Waals surface area contributed by atoms with Crippen LogP contribution in [0, 0.1) is 23.7 Å². The van der Waals surface area contributed by atoms with Crippen LogP contribution >= 0.6 is 0 Å². The van der Waals surface area contributed by atoms with E-state index < -0.39 is 0 Å². The first-order valence-corrected chi connectivity index (χ1v) is 9.47. The molecule has 1 heterocycles. The molecule has 5 rings (SSSR count). The van der Waals surface area contributed by atoms with Crippen LogP contribution < -0.4 is 4.90 Å². The second-order valence-corrected chi connectivity index (χ2v) is 7.84. The average Bonchev–Trinajstić information content (AvgIpc) is 3.32. The van der Waals surface area contributed by atoms with E-state index in [1.54, 1.807) is 0 Å². The van der Waals surface area contributed by atoms with Gasteiger partial charge in [-0.15, -0.1) is 0 Å². The van der Waals surface area contributed by atoms with Gasteiger partial charge >= 0.3 is 0 Å². The van der Waals surface area contributed by atoms with Crippen LogP contribution in [0.3, 0.4) is 0 Å². The highest BCUT2D eigenvalue weighted by Crippen LogP contribution is 2.57. The van der Waals surface area contributed by atoms with Crippen LogP contribution in [0.1, 0.15) is 13.8 Å². The second-order valence-electron chi connectivity index (χ2n) is 7.84. The third-order valence-electron chi connectivity index (χ3n) is 6.22. The number of allylic oxidation sites excluding steroid dienone is 4. The fraction of sp³-hybridized carbons (Fsp3) is 0.250. The first-order valence-electron chi connectivity index (χ1n) is 9.47. The first-order chi connectivity index (χ1) is 13.1. The second kappa shape index (κ2) is 5.78. The Kier molecular flexibility index (Phi) is 3.48. The number of rotatable bonds is 2. The summed E-state index contributed by atoms with van der Waals surface area (Å²) < 4.78 is 0. The minimum atomic E-state index is -0.249. The van der Waals surface area contributed by atoms with Crippen molar-refractivity contribution in [2.75, 3.05) is 4.90 Å². The van der Waals surface area contributed by atoms with Crippen LogP contribution in [-0.2, 0) is 9.59 Å². The van der Waals surface area contributed by atoms with Crippen molar-refractivity contribution in [2.24, 2.45) is 23.7 Å². The maximum absolute atomic E-state index is 13.4. The minimum absolute atomic E-state index is 0.0519. The zero-order valence-corrected chi connectivity index (χ0v) is 15.4. The van der Waals surface area contributed by atoms with Crippen LogP contribution in [0.2, 0.25) is 0 Å². The van der Waals surface area contributed by atoms with Crippen molar-refractivity contribution in [3.05, 3.63) is 77.9 Å². The molecule has 2 aromatic rings. The van der Waals surface area contributed by atoms with E-state index in [-0.39, 0.29) is 35.5 Å². The molecular weight excluding hydrogens is 334 g/mol. The van der Waals surface area contributed by atoms with Crippen LogP contribution in [0.15, 0.2) is 77.9 Å². The van der Waals surface area contributed by atoms with Crippen LogP contribution in [-0.4, -0.2) is 11.8 Å². The quantitative estimate of drug-likeness (QED) is 0.583. The molecule has 0 aromatic heterocycles. The van der Waals surface area contributed by atoms with Gasteiger partial charge in [-0.05, 0) is 25.5 Å². The van der Waals surface area contributed by atoms with Crippen LogP contribution in [0.25, 0.3) is 11.1 Å². The Morgan fingerprint density at radius 3 is 1.93 bits per heavy atom. The van der Waals surface area contributed by atoms with Gasteiger partial charge in [0, 0.05) is 17.4 Å². The van der Waals surface area contributed by atoms with E-state index in [4.69, 9.17) is 0 Å². The van der Waals surface area contributed by atoms with E-state index in [0.29, 0.717) is 5.69 Å². The number of imide groups is 1. The monoisotopic (exact) mass is 355 g/mol. The average molecular weight is 355 g/mol. The van der Waals surface area contributed by atoms with Gasteiger partial charge in [-0.1, -0.05) is 71.8 Å². The molecule has 2 bridgehead atoms. The molecule has 4 atom stereocenters. The van der Waals surface area contributed by atoms with Crippen molar-refractivity contribution < 1.29 is 9.59 Å². The molecule has 2 amide bonds. The lowest BCUT2D eigenvalue weighted by Gasteiger charge is -2.22. The number of carbonyl (C=O) groups excluding carboxylic acids is 2. The van der Waals surface area contributed by atoms with Gasteiger partial charge in [0.1, 0.15) is 0 Å². The number of carbonyl (C=O) groups is 2. The lowest BCUT2D eigenvalue weighted by Crippen LogP contribution is -2.33. The van der Waals surface area contributed by atoms with Crippen molar-refractivity contribution in [1.29, 1.82) is 0 Å². The summed E-state index contributed by atoms with van der Waals surface area (Å²) in [5.41, 5.74) is 5.15. The van der Waals surface area contributed by atoms with Gasteiger partial charge in [-0.25, -0.2) is 4.90 Å². The Morgan fingerprint density at radius 2 is 1.33 bits per heavy atom. The number of para-hydroxylation sites is 1. The Morgan fingerprint density at radius 1 is 0.778 bits per heavy atom. The van der Waals surface area contributed by atoms with Gasteiger partial charge in [-0.2, -0.15) is 0 Å². The van der Waals surface area contributed by atoms with E-state index in [1.807, 2.05) is 54.6 Å². The van der Waals surface area contributed by atoms with Gasteiger partial charge in [-0.3, -0.25) is 9.59 Å². The zero-order valence-electron chi connectivity index (χ0n) is 15.4. The molecule has 3 heteroatoms. The fourth-order valence-electron chi connectivity index (χ4n) is 5.20. The number of anilines is 1. The van der Waals surface area contributed by atoms with E-state index in [9.17, 15) is 9.59 Å². The standard InChI is InChI=1S/C24H21NO2/c1-14(2)20-17-12-13-18(20)22-21(17)23(26)25(24(22)27)19-11-7-6-10-16(19)15-8-4-3-5-9-15/h3-13,17-18,21-22H,1-2H3/t17-,18-,21+,22+/m1/s1. The number of fused-ring (bicyclic) bond motifs is 5. The summed E-state index contributed by atoms with van der Waals surface area (Å²) in [4.78, 5) is 28.2. The zero-order chi connectivity index (χ0) is 18.7. The molecule has 3 nitrogen and oxygen atoms in total. The third-order valence-corrected chi connectivity index (χ3v) is 6.22. The predicted molar refractivity (Wildman–Crippen MR) is 106 cm³/mol. The molecule has 1 saturated heterocycles. The lowest BCUT2D eigenvalue weighted by atomic mass is 9.85.